The van der Waals surface area contributed by atoms with Gasteiger partial charge in [0.25, 0.3) is 0 Å². The minimum atomic E-state index is -0.0494. The van der Waals surface area contributed by atoms with Crippen LogP contribution >= 0.6 is 0 Å². The van der Waals surface area contributed by atoms with E-state index in [1.165, 1.54) is 0 Å². The van der Waals surface area contributed by atoms with E-state index in [4.69, 9.17) is 5.73 Å². The number of para-hydroxylation sites is 1. The summed E-state index contributed by atoms with van der Waals surface area (Å²) in [6.07, 6.45) is 4.37. The van der Waals surface area contributed by atoms with Crippen molar-refractivity contribution in [1.29, 1.82) is 0 Å². The largest absolute Gasteiger partial charge is 0.324 e. The molecule has 0 aliphatic heterocycles. The summed E-state index contributed by atoms with van der Waals surface area (Å²) >= 11 is 0. The Morgan fingerprint density at radius 2 is 1.95 bits per heavy atom. The van der Waals surface area contributed by atoms with Gasteiger partial charge in [-0.1, -0.05) is 24.3 Å². The summed E-state index contributed by atoms with van der Waals surface area (Å²) < 4.78 is 0. The van der Waals surface area contributed by atoms with Gasteiger partial charge in [-0.15, -0.1) is 0 Å². The van der Waals surface area contributed by atoms with Crippen LogP contribution in [0.15, 0.2) is 54.9 Å². The molecule has 0 aliphatic rings. The van der Waals surface area contributed by atoms with Crippen molar-refractivity contribution in [2.24, 2.45) is 5.73 Å². The first kappa shape index (κ1) is 12.8. The van der Waals surface area contributed by atoms with Gasteiger partial charge in [0.15, 0.2) is 0 Å². The average molecular weight is 263 g/mol. The molecule has 0 aliphatic carbocycles. The SMILES string of the molecule is Cc1cnccc1C(N)Cc1ccc2ccccc2n1. The topological polar surface area (TPSA) is 51.8 Å². The molecule has 3 rings (SSSR count). The molecule has 0 saturated heterocycles. The summed E-state index contributed by atoms with van der Waals surface area (Å²) in [5, 5.41) is 1.16. The van der Waals surface area contributed by atoms with Gasteiger partial charge in [-0.25, -0.2) is 0 Å². The van der Waals surface area contributed by atoms with E-state index in [2.05, 4.69) is 28.2 Å². The molecule has 0 fully saturated rings. The summed E-state index contributed by atoms with van der Waals surface area (Å²) in [5.74, 6) is 0. The molecule has 2 heterocycles. The normalized spacial score (nSPS) is 12.5. The molecular formula is C17H17N3. The number of hydrogen-bond donors (Lipinski definition) is 1. The Kier molecular flexibility index (Phi) is 3.44. The zero-order valence-corrected chi connectivity index (χ0v) is 11.5. The second kappa shape index (κ2) is 5.39. The molecule has 0 spiro atoms. The van der Waals surface area contributed by atoms with E-state index in [-0.39, 0.29) is 6.04 Å². The lowest BCUT2D eigenvalue weighted by Crippen LogP contribution is -2.15. The highest BCUT2D eigenvalue weighted by Gasteiger charge is 2.10. The second-order valence-corrected chi connectivity index (χ2v) is 5.04. The fraction of sp³-hybridized carbons (Fsp3) is 0.176. The van der Waals surface area contributed by atoms with E-state index < -0.39 is 0 Å². The first-order chi connectivity index (χ1) is 9.74. The van der Waals surface area contributed by atoms with Gasteiger partial charge in [0, 0.05) is 35.9 Å². The highest BCUT2D eigenvalue weighted by atomic mass is 14.7. The maximum Gasteiger partial charge on any atom is 0.0705 e. The monoisotopic (exact) mass is 263 g/mol. The Bertz CT molecular complexity index is 737. The molecular weight excluding hydrogens is 246 g/mol. The number of aromatic nitrogens is 2. The van der Waals surface area contributed by atoms with Gasteiger partial charge < -0.3 is 5.73 Å². The molecule has 3 heteroatoms. The number of benzene rings is 1. The molecule has 1 unspecified atom stereocenters. The highest BCUT2D eigenvalue weighted by molar-refractivity contribution is 5.78. The highest BCUT2D eigenvalue weighted by Crippen LogP contribution is 2.19. The van der Waals surface area contributed by atoms with Crippen LogP contribution in [0.5, 0.6) is 0 Å². The molecule has 0 radical (unpaired) electrons. The summed E-state index contributed by atoms with van der Waals surface area (Å²) in [5.41, 5.74) is 10.6. The number of hydrogen-bond acceptors (Lipinski definition) is 3. The fourth-order valence-corrected chi connectivity index (χ4v) is 2.46. The molecule has 0 amide bonds. The molecule has 3 nitrogen and oxygen atoms in total. The first-order valence-electron chi connectivity index (χ1n) is 6.75. The molecule has 3 aromatic rings. The van der Waals surface area contributed by atoms with Crippen LogP contribution in [-0.2, 0) is 6.42 Å². The summed E-state index contributed by atoms with van der Waals surface area (Å²) in [6, 6.07) is 14.2. The smallest absolute Gasteiger partial charge is 0.0705 e. The number of rotatable bonds is 3. The number of aryl methyl sites for hydroxylation is 1. The average Bonchev–Trinajstić information content (AvgIpc) is 2.47. The molecule has 100 valence electrons. The van der Waals surface area contributed by atoms with Gasteiger partial charge >= 0.3 is 0 Å². The van der Waals surface area contributed by atoms with Crippen LogP contribution in [0, 0.1) is 6.92 Å². The van der Waals surface area contributed by atoms with Crippen LogP contribution in [0.25, 0.3) is 10.9 Å². The number of fused-ring (bicyclic) bond motifs is 1. The van der Waals surface area contributed by atoms with Crippen molar-refractivity contribution in [3.8, 4) is 0 Å². The Hall–Kier alpha value is -2.26. The third-order valence-corrected chi connectivity index (χ3v) is 3.55. The van der Waals surface area contributed by atoms with Gasteiger partial charge in [-0.2, -0.15) is 0 Å². The maximum absolute atomic E-state index is 6.30. The molecule has 2 N–H and O–H groups in total. The standard InChI is InChI=1S/C17H17N3/c1-12-11-19-9-8-15(12)16(18)10-14-7-6-13-4-2-3-5-17(13)20-14/h2-9,11,16H,10,18H2,1H3. The Morgan fingerprint density at radius 1 is 1.10 bits per heavy atom. The van der Waals surface area contributed by atoms with Crippen LogP contribution in [0.3, 0.4) is 0 Å². The van der Waals surface area contributed by atoms with Crippen LogP contribution in [-0.4, -0.2) is 9.97 Å². The zero-order valence-electron chi connectivity index (χ0n) is 11.5. The third kappa shape index (κ3) is 2.53. The van der Waals surface area contributed by atoms with E-state index in [1.54, 1.807) is 6.20 Å². The van der Waals surface area contributed by atoms with Crippen LogP contribution in [0.2, 0.25) is 0 Å². The number of nitrogens with two attached hydrogens (primary N) is 1. The van der Waals surface area contributed by atoms with Crippen molar-refractivity contribution in [3.63, 3.8) is 0 Å². The second-order valence-electron chi connectivity index (χ2n) is 5.04. The van der Waals surface area contributed by atoms with Crippen molar-refractivity contribution in [2.75, 3.05) is 0 Å². The van der Waals surface area contributed by atoms with Crippen molar-refractivity contribution in [3.05, 3.63) is 71.7 Å². The van der Waals surface area contributed by atoms with Gasteiger partial charge in [-0.3, -0.25) is 9.97 Å². The molecule has 0 saturated carbocycles. The van der Waals surface area contributed by atoms with Gasteiger partial charge in [0.1, 0.15) is 0 Å². The van der Waals surface area contributed by atoms with E-state index in [9.17, 15) is 0 Å². The molecule has 0 bridgehead atoms. The Balaban J connectivity index is 1.87. The molecule has 1 aromatic carbocycles. The zero-order chi connectivity index (χ0) is 13.9. The molecule has 20 heavy (non-hydrogen) atoms. The number of nitrogens with zero attached hydrogens (tertiary/aromatic N) is 2. The third-order valence-electron chi connectivity index (χ3n) is 3.55. The van der Waals surface area contributed by atoms with Gasteiger partial charge in [0.2, 0.25) is 0 Å². The lowest BCUT2D eigenvalue weighted by Gasteiger charge is -2.14. The Labute approximate surface area is 118 Å². The minimum absolute atomic E-state index is 0.0494. The lowest BCUT2D eigenvalue weighted by atomic mass is 9.99. The fourth-order valence-electron chi connectivity index (χ4n) is 2.46. The first-order valence-corrected chi connectivity index (χ1v) is 6.75. The van der Waals surface area contributed by atoms with E-state index >= 15 is 0 Å². The van der Waals surface area contributed by atoms with Crippen molar-refractivity contribution < 1.29 is 0 Å². The van der Waals surface area contributed by atoms with Crippen LogP contribution < -0.4 is 5.73 Å². The predicted octanol–water partition coefficient (Wildman–Crippen LogP) is 3.18. The van der Waals surface area contributed by atoms with Crippen LogP contribution in [0.1, 0.15) is 22.9 Å². The molecule has 1 atom stereocenters. The maximum atomic E-state index is 6.30. The molecule has 2 aromatic heterocycles. The predicted molar refractivity (Wildman–Crippen MR) is 81.3 cm³/mol. The number of pyridine rings is 2. The summed E-state index contributed by atoms with van der Waals surface area (Å²) in [7, 11) is 0. The lowest BCUT2D eigenvalue weighted by molar-refractivity contribution is 0.702. The van der Waals surface area contributed by atoms with Gasteiger partial charge in [-0.05, 0) is 36.2 Å². The van der Waals surface area contributed by atoms with Crippen molar-refractivity contribution in [2.45, 2.75) is 19.4 Å². The Morgan fingerprint density at radius 3 is 2.80 bits per heavy atom. The van der Waals surface area contributed by atoms with Gasteiger partial charge in [0.05, 0.1) is 5.52 Å². The van der Waals surface area contributed by atoms with E-state index in [0.717, 1.165) is 34.1 Å². The summed E-state index contributed by atoms with van der Waals surface area (Å²) in [6.45, 7) is 2.04. The van der Waals surface area contributed by atoms with Crippen molar-refractivity contribution >= 4 is 10.9 Å². The van der Waals surface area contributed by atoms with Crippen LogP contribution in [0.4, 0.5) is 0 Å². The summed E-state index contributed by atoms with van der Waals surface area (Å²) in [4.78, 5) is 8.78. The quantitative estimate of drug-likeness (QED) is 0.789. The van der Waals surface area contributed by atoms with E-state index in [1.807, 2.05) is 37.4 Å². The van der Waals surface area contributed by atoms with Crippen molar-refractivity contribution in [1.82, 2.24) is 9.97 Å². The minimum Gasteiger partial charge on any atom is -0.324 e. The van der Waals surface area contributed by atoms with E-state index in [0.29, 0.717) is 0 Å².